The Kier molecular flexibility index (Phi) is 1.22. The molecular formula is C5H8O4. The summed E-state index contributed by atoms with van der Waals surface area (Å²) < 4.78 is 0. The lowest BCUT2D eigenvalue weighted by molar-refractivity contribution is -0.148. The zero-order valence-corrected chi connectivity index (χ0v) is 5.25. The molecule has 1 N–H and O–H groups in total. The molecule has 1 aliphatic rings. The van der Waals surface area contributed by atoms with Crippen LogP contribution in [0.3, 0.4) is 0 Å². The van der Waals surface area contributed by atoms with Crippen LogP contribution >= 0.6 is 0 Å². The molecule has 4 nitrogen and oxygen atoms in total. The molecule has 9 heavy (non-hydrogen) atoms. The van der Waals surface area contributed by atoms with Crippen molar-refractivity contribution < 1.29 is 19.7 Å². The molecule has 0 amide bonds. The Morgan fingerprint density at radius 3 is 2.11 bits per heavy atom. The number of aliphatic carboxylic acids is 1. The lowest BCUT2D eigenvalue weighted by Gasteiger charge is -2.10. The standard InChI is InChI=1S/C5H8O4/c1-5(2,3(6)7)4-8-9-4/h4H,1-2H3,(H,6,7). The van der Waals surface area contributed by atoms with Gasteiger partial charge in [-0.25, -0.2) is 0 Å². The summed E-state index contributed by atoms with van der Waals surface area (Å²) in [6.07, 6.45) is -0.560. The number of hydrogen-bond acceptors (Lipinski definition) is 3. The molecule has 0 aromatic rings. The zero-order valence-electron chi connectivity index (χ0n) is 5.25. The van der Waals surface area contributed by atoms with Gasteiger partial charge in [0.1, 0.15) is 5.41 Å². The zero-order chi connectivity index (χ0) is 7.07. The third-order valence-electron chi connectivity index (χ3n) is 1.33. The largest absolute Gasteiger partial charge is 0.481 e. The molecule has 1 aliphatic heterocycles. The van der Waals surface area contributed by atoms with E-state index in [1.165, 1.54) is 0 Å². The molecule has 4 heteroatoms. The van der Waals surface area contributed by atoms with Crippen LogP contribution in [-0.4, -0.2) is 17.4 Å². The topological polar surface area (TPSA) is 62.4 Å². The van der Waals surface area contributed by atoms with Crippen molar-refractivity contribution in [1.82, 2.24) is 0 Å². The van der Waals surface area contributed by atoms with Gasteiger partial charge in [0.25, 0.3) is 0 Å². The van der Waals surface area contributed by atoms with E-state index in [2.05, 4.69) is 9.78 Å². The van der Waals surface area contributed by atoms with Gasteiger partial charge in [-0.2, -0.15) is 9.78 Å². The summed E-state index contributed by atoms with van der Waals surface area (Å²) in [5.74, 6) is -0.912. The maximum absolute atomic E-state index is 10.3. The second-order valence-electron chi connectivity index (χ2n) is 2.55. The van der Waals surface area contributed by atoms with Crippen molar-refractivity contribution in [2.24, 2.45) is 5.41 Å². The van der Waals surface area contributed by atoms with Gasteiger partial charge in [-0.15, -0.1) is 0 Å². The first-order chi connectivity index (χ1) is 4.05. The first-order valence-electron chi connectivity index (χ1n) is 2.60. The van der Waals surface area contributed by atoms with E-state index in [0.717, 1.165) is 0 Å². The molecule has 0 aromatic heterocycles. The third kappa shape index (κ3) is 1.04. The number of hydrogen-bond donors (Lipinski definition) is 1. The van der Waals surface area contributed by atoms with Gasteiger partial charge in [-0.05, 0) is 13.8 Å². The number of carbonyl (C=O) groups is 1. The van der Waals surface area contributed by atoms with Crippen molar-refractivity contribution in [2.75, 3.05) is 0 Å². The Morgan fingerprint density at radius 2 is 2.00 bits per heavy atom. The summed E-state index contributed by atoms with van der Waals surface area (Å²) in [6, 6.07) is 0. The van der Waals surface area contributed by atoms with Crippen LogP contribution in [-0.2, 0) is 14.6 Å². The lowest BCUT2D eigenvalue weighted by Crippen LogP contribution is -2.29. The fourth-order valence-corrected chi connectivity index (χ4v) is 0.369. The van der Waals surface area contributed by atoms with Crippen molar-refractivity contribution in [1.29, 1.82) is 0 Å². The molecule has 1 saturated heterocycles. The Bertz CT molecular complexity index is 136. The lowest BCUT2D eigenvalue weighted by atomic mass is 9.94. The predicted octanol–water partition coefficient (Wildman–Crippen LogP) is 0.385. The van der Waals surface area contributed by atoms with Gasteiger partial charge >= 0.3 is 5.97 Å². The van der Waals surface area contributed by atoms with Crippen LogP contribution in [0.5, 0.6) is 0 Å². The van der Waals surface area contributed by atoms with Crippen LogP contribution in [0.2, 0.25) is 0 Å². The average molecular weight is 132 g/mol. The summed E-state index contributed by atoms with van der Waals surface area (Å²) in [7, 11) is 0. The Labute approximate surface area is 52.3 Å². The molecule has 0 aromatic carbocycles. The monoisotopic (exact) mass is 132 g/mol. The van der Waals surface area contributed by atoms with Crippen molar-refractivity contribution in [3.05, 3.63) is 0 Å². The van der Waals surface area contributed by atoms with E-state index in [0.29, 0.717) is 0 Å². The van der Waals surface area contributed by atoms with E-state index >= 15 is 0 Å². The molecule has 0 aliphatic carbocycles. The summed E-state index contributed by atoms with van der Waals surface area (Å²) in [4.78, 5) is 19.0. The quantitative estimate of drug-likeness (QED) is 0.436. The maximum Gasteiger partial charge on any atom is 0.314 e. The van der Waals surface area contributed by atoms with Gasteiger partial charge in [-0.3, -0.25) is 4.79 Å². The molecule has 1 rings (SSSR count). The molecule has 52 valence electrons. The van der Waals surface area contributed by atoms with E-state index < -0.39 is 17.7 Å². The third-order valence-corrected chi connectivity index (χ3v) is 1.33. The molecule has 0 atom stereocenters. The highest BCUT2D eigenvalue weighted by molar-refractivity contribution is 5.74. The minimum Gasteiger partial charge on any atom is -0.481 e. The first-order valence-corrected chi connectivity index (χ1v) is 2.60. The molecule has 0 unspecified atom stereocenters. The van der Waals surface area contributed by atoms with E-state index in [-0.39, 0.29) is 0 Å². The smallest absolute Gasteiger partial charge is 0.314 e. The number of carboxylic acid groups (broad SMARTS) is 1. The van der Waals surface area contributed by atoms with Crippen LogP contribution in [0.15, 0.2) is 0 Å². The normalized spacial score (nSPS) is 19.8. The molecule has 0 radical (unpaired) electrons. The van der Waals surface area contributed by atoms with Crippen LogP contribution in [0.4, 0.5) is 0 Å². The highest BCUT2D eigenvalue weighted by atomic mass is 17.4. The number of carboxylic acids is 1. The molecule has 1 heterocycles. The van der Waals surface area contributed by atoms with Gasteiger partial charge in [0, 0.05) is 0 Å². The van der Waals surface area contributed by atoms with Crippen LogP contribution in [0.1, 0.15) is 13.8 Å². The van der Waals surface area contributed by atoms with Gasteiger partial charge in [0.2, 0.25) is 6.29 Å². The second kappa shape index (κ2) is 1.68. The predicted molar refractivity (Wildman–Crippen MR) is 27.4 cm³/mol. The first kappa shape index (κ1) is 6.51. The number of rotatable bonds is 2. The average Bonchev–Trinajstić information content (AvgIpc) is 2.42. The Morgan fingerprint density at radius 1 is 1.56 bits per heavy atom. The Balaban J connectivity index is 2.59. The summed E-state index contributed by atoms with van der Waals surface area (Å²) >= 11 is 0. The molecule has 0 saturated carbocycles. The van der Waals surface area contributed by atoms with Crippen molar-refractivity contribution in [3.63, 3.8) is 0 Å². The van der Waals surface area contributed by atoms with E-state index in [4.69, 9.17) is 5.11 Å². The minimum atomic E-state index is -0.917. The van der Waals surface area contributed by atoms with E-state index in [1.807, 2.05) is 0 Å². The van der Waals surface area contributed by atoms with E-state index in [1.54, 1.807) is 13.8 Å². The van der Waals surface area contributed by atoms with Gasteiger partial charge in [0.05, 0.1) is 0 Å². The fraction of sp³-hybridized carbons (Fsp3) is 0.800. The minimum absolute atomic E-state index is 0.560. The van der Waals surface area contributed by atoms with Gasteiger partial charge in [0.15, 0.2) is 0 Å². The van der Waals surface area contributed by atoms with Crippen LogP contribution in [0.25, 0.3) is 0 Å². The molecule has 0 spiro atoms. The highest BCUT2D eigenvalue weighted by Gasteiger charge is 2.48. The van der Waals surface area contributed by atoms with Crippen molar-refractivity contribution in [3.8, 4) is 0 Å². The van der Waals surface area contributed by atoms with Crippen LogP contribution < -0.4 is 0 Å². The van der Waals surface area contributed by atoms with Crippen molar-refractivity contribution in [2.45, 2.75) is 20.1 Å². The molecule has 0 bridgehead atoms. The highest BCUT2D eigenvalue weighted by Crippen LogP contribution is 2.33. The maximum atomic E-state index is 10.3. The van der Waals surface area contributed by atoms with Gasteiger partial charge in [-0.1, -0.05) is 0 Å². The summed E-state index contributed by atoms with van der Waals surface area (Å²) in [6.45, 7) is 3.10. The fourth-order valence-electron chi connectivity index (χ4n) is 0.369. The van der Waals surface area contributed by atoms with Crippen LogP contribution in [0, 0.1) is 5.41 Å². The second-order valence-corrected chi connectivity index (χ2v) is 2.55. The summed E-state index contributed by atoms with van der Waals surface area (Å²) in [5, 5.41) is 8.49. The summed E-state index contributed by atoms with van der Waals surface area (Å²) in [5.41, 5.74) is -0.917. The van der Waals surface area contributed by atoms with Crippen molar-refractivity contribution >= 4 is 5.97 Å². The molecule has 1 fully saturated rings. The molecular weight excluding hydrogens is 124 g/mol. The Hall–Kier alpha value is -0.610. The van der Waals surface area contributed by atoms with E-state index in [9.17, 15) is 4.79 Å². The SMILES string of the molecule is CC(C)(C(=O)O)C1OO1. The van der Waals surface area contributed by atoms with Gasteiger partial charge < -0.3 is 5.11 Å².